The minimum Gasteiger partial charge on any atom is -0.393 e. The molecular formula is C17H23F3N2O2. The van der Waals surface area contributed by atoms with Crippen molar-refractivity contribution in [2.75, 3.05) is 0 Å². The predicted molar refractivity (Wildman–Crippen MR) is 84.5 cm³/mol. The van der Waals surface area contributed by atoms with Crippen LogP contribution in [0.15, 0.2) is 24.3 Å². The predicted octanol–water partition coefficient (Wildman–Crippen LogP) is 3.24. The van der Waals surface area contributed by atoms with Crippen molar-refractivity contribution in [3.8, 4) is 0 Å². The molecule has 0 aliphatic heterocycles. The Bertz CT molecular complexity index is 538. The summed E-state index contributed by atoms with van der Waals surface area (Å²) in [6.07, 6.45) is -1.28. The molecule has 1 fully saturated rings. The van der Waals surface area contributed by atoms with Crippen LogP contribution >= 0.6 is 0 Å². The van der Waals surface area contributed by atoms with Crippen LogP contribution in [0.2, 0.25) is 0 Å². The van der Waals surface area contributed by atoms with E-state index in [2.05, 4.69) is 10.6 Å². The lowest BCUT2D eigenvalue weighted by Gasteiger charge is -2.27. The van der Waals surface area contributed by atoms with E-state index in [0.29, 0.717) is 19.3 Å². The van der Waals surface area contributed by atoms with Gasteiger partial charge in [-0.25, -0.2) is 4.79 Å². The number of urea groups is 1. The molecule has 1 saturated carbocycles. The molecule has 0 spiro atoms. The van der Waals surface area contributed by atoms with Gasteiger partial charge in [-0.15, -0.1) is 0 Å². The van der Waals surface area contributed by atoms with Gasteiger partial charge in [0.2, 0.25) is 0 Å². The van der Waals surface area contributed by atoms with Gasteiger partial charge in [-0.3, -0.25) is 0 Å². The molecule has 0 unspecified atom stereocenters. The highest BCUT2D eigenvalue weighted by atomic mass is 19.4. The molecule has 2 amide bonds. The number of carbonyl (C=O) groups is 1. The van der Waals surface area contributed by atoms with Gasteiger partial charge in [0.05, 0.1) is 11.7 Å². The highest BCUT2D eigenvalue weighted by Gasteiger charge is 2.30. The Morgan fingerprint density at radius 3 is 2.33 bits per heavy atom. The second-order valence-electron chi connectivity index (χ2n) is 6.42. The van der Waals surface area contributed by atoms with Gasteiger partial charge in [-0.1, -0.05) is 12.1 Å². The molecule has 0 aromatic heterocycles. The number of halogens is 3. The van der Waals surface area contributed by atoms with Crippen LogP contribution < -0.4 is 10.6 Å². The first-order valence-corrected chi connectivity index (χ1v) is 8.15. The number of benzene rings is 1. The summed E-state index contributed by atoms with van der Waals surface area (Å²) >= 11 is 0. The Labute approximate surface area is 139 Å². The number of rotatable bonds is 4. The molecule has 1 aliphatic rings. The number of carbonyl (C=O) groups excluding carboxylic acids is 1. The van der Waals surface area contributed by atoms with E-state index >= 15 is 0 Å². The summed E-state index contributed by atoms with van der Waals surface area (Å²) in [7, 11) is 0. The van der Waals surface area contributed by atoms with Crippen LogP contribution in [0.25, 0.3) is 0 Å². The van der Waals surface area contributed by atoms with Crippen LogP contribution in [-0.4, -0.2) is 29.3 Å². The van der Waals surface area contributed by atoms with E-state index in [9.17, 15) is 23.1 Å². The molecule has 134 valence electrons. The highest BCUT2D eigenvalue weighted by Crippen LogP contribution is 2.29. The third-order valence-corrected chi connectivity index (χ3v) is 4.23. The second kappa shape index (κ2) is 7.88. The first-order chi connectivity index (χ1) is 11.2. The fourth-order valence-electron chi connectivity index (χ4n) is 2.91. The van der Waals surface area contributed by atoms with Crippen molar-refractivity contribution >= 4 is 6.03 Å². The molecule has 24 heavy (non-hydrogen) atoms. The average Bonchev–Trinajstić information content (AvgIpc) is 2.49. The van der Waals surface area contributed by atoms with Crippen LogP contribution in [0.3, 0.4) is 0 Å². The van der Waals surface area contributed by atoms with Crippen molar-refractivity contribution in [1.82, 2.24) is 10.6 Å². The fraction of sp³-hybridized carbons (Fsp3) is 0.588. The number of alkyl halides is 3. The summed E-state index contributed by atoms with van der Waals surface area (Å²) in [5.74, 6) is 0. The molecule has 1 aliphatic carbocycles. The number of aliphatic hydroxyl groups excluding tert-OH is 1. The minimum absolute atomic E-state index is 0.0617. The van der Waals surface area contributed by atoms with Gasteiger partial charge < -0.3 is 15.7 Å². The number of hydrogen-bond acceptors (Lipinski definition) is 2. The summed E-state index contributed by atoms with van der Waals surface area (Å²) in [5, 5.41) is 15.1. The van der Waals surface area contributed by atoms with Gasteiger partial charge in [0.15, 0.2) is 0 Å². The average molecular weight is 344 g/mol. The lowest BCUT2D eigenvalue weighted by Crippen LogP contribution is -2.47. The summed E-state index contributed by atoms with van der Waals surface area (Å²) in [6, 6.07) is 4.55. The largest absolute Gasteiger partial charge is 0.416 e. The molecule has 1 aromatic rings. The zero-order valence-electron chi connectivity index (χ0n) is 13.6. The Morgan fingerprint density at radius 2 is 1.79 bits per heavy atom. The molecule has 4 nitrogen and oxygen atoms in total. The Kier molecular flexibility index (Phi) is 6.10. The molecule has 7 heteroatoms. The summed E-state index contributed by atoms with van der Waals surface area (Å²) in [6.45, 7) is 1.81. The third kappa shape index (κ3) is 5.70. The number of amides is 2. The first kappa shape index (κ1) is 18.6. The molecule has 1 aromatic carbocycles. The van der Waals surface area contributed by atoms with Crippen molar-refractivity contribution in [3.63, 3.8) is 0 Å². The summed E-state index contributed by atoms with van der Waals surface area (Å²) in [4.78, 5) is 11.9. The maximum absolute atomic E-state index is 12.5. The van der Waals surface area contributed by atoms with E-state index in [1.165, 1.54) is 12.1 Å². The van der Waals surface area contributed by atoms with Crippen molar-refractivity contribution < 1.29 is 23.1 Å². The molecule has 0 saturated heterocycles. The Morgan fingerprint density at radius 1 is 1.21 bits per heavy atom. The van der Waals surface area contributed by atoms with Crippen molar-refractivity contribution in [2.24, 2.45) is 0 Å². The van der Waals surface area contributed by atoms with Crippen LogP contribution in [0, 0.1) is 0 Å². The first-order valence-electron chi connectivity index (χ1n) is 8.15. The van der Waals surface area contributed by atoms with Crippen molar-refractivity contribution in [1.29, 1.82) is 0 Å². The standard InChI is InChI=1S/C17H23F3N2O2/c1-11(10-12-2-4-13(5-3-12)17(18,19)20)21-16(24)22-14-6-8-15(23)9-7-14/h2-5,11,14-15,23H,6-10H2,1H3,(H2,21,22,24)/t11-,14?,15?/m1/s1. The smallest absolute Gasteiger partial charge is 0.393 e. The van der Waals surface area contributed by atoms with E-state index in [-0.39, 0.29) is 24.2 Å². The van der Waals surface area contributed by atoms with Crippen molar-refractivity contribution in [3.05, 3.63) is 35.4 Å². The van der Waals surface area contributed by atoms with Crippen LogP contribution in [0.5, 0.6) is 0 Å². The van der Waals surface area contributed by atoms with Crippen LogP contribution in [0.4, 0.5) is 18.0 Å². The van der Waals surface area contributed by atoms with E-state index in [1.54, 1.807) is 0 Å². The summed E-state index contributed by atoms with van der Waals surface area (Å²) in [5.41, 5.74) is 0.0562. The van der Waals surface area contributed by atoms with E-state index < -0.39 is 11.7 Å². The summed E-state index contributed by atoms with van der Waals surface area (Å²) < 4.78 is 37.6. The SMILES string of the molecule is C[C@H](Cc1ccc(C(F)(F)F)cc1)NC(=O)NC1CCC(O)CC1. The molecule has 0 bridgehead atoms. The Hall–Kier alpha value is -1.76. The Balaban J connectivity index is 1.78. The van der Waals surface area contributed by atoms with Gasteiger partial charge in [0.25, 0.3) is 0 Å². The van der Waals surface area contributed by atoms with Gasteiger partial charge in [-0.05, 0) is 56.7 Å². The van der Waals surface area contributed by atoms with E-state index in [4.69, 9.17) is 0 Å². The van der Waals surface area contributed by atoms with Crippen LogP contribution in [0.1, 0.15) is 43.7 Å². The third-order valence-electron chi connectivity index (χ3n) is 4.23. The van der Waals surface area contributed by atoms with Crippen molar-refractivity contribution in [2.45, 2.75) is 63.4 Å². The van der Waals surface area contributed by atoms with Crippen LogP contribution in [-0.2, 0) is 12.6 Å². The molecule has 0 radical (unpaired) electrons. The van der Waals surface area contributed by atoms with Gasteiger partial charge in [-0.2, -0.15) is 13.2 Å². The molecule has 1 atom stereocenters. The van der Waals surface area contributed by atoms with Gasteiger partial charge in [0.1, 0.15) is 0 Å². The number of aliphatic hydroxyl groups is 1. The molecule has 0 heterocycles. The van der Waals surface area contributed by atoms with E-state index in [1.807, 2.05) is 6.92 Å². The minimum atomic E-state index is -4.34. The quantitative estimate of drug-likeness (QED) is 0.785. The van der Waals surface area contributed by atoms with Gasteiger partial charge >= 0.3 is 12.2 Å². The molecule has 2 rings (SSSR count). The lowest BCUT2D eigenvalue weighted by molar-refractivity contribution is -0.137. The number of hydrogen-bond donors (Lipinski definition) is 3. The molecular weight excluding hydrogens is 321 g/mol. The second-order valence-corrected chi connectivity index (χ2v) is 6.42. The molecule has 3 N–H and O–H groups in total. The van der Waals surface area contributed by atoms with E-state index in [0.717, 1.165) is 30.5 Å². The fourth-order valence-corrected chi connectivity index (χ4v) is 2.91. The maximum Gasteiger partial charge on any atom is 0.416 e. The topological polar surface area (TPSA) is 61.4 Å². The zero-order chi connectivity index (χ0) is 17.7. The zero-order valence-corrected chi connectivity index (χ0v) is 13.6. The monoisotopic (exact) mass is 344 g/mol. The lowest BCUT2D eigenvalue weighted by atomic mass is 9.93. The highest BCUT2D eigenvalue weighted by molar-refractivity contribution is 5.74. The van der Waals surface area contributed by atoms with Gasteiger partial charge in [0, 0.05) is 12.1 Å². The normalized spacial score (nSPS) is 22.7. The maximum atomic E-state index is 12.5. The number of nitrogens with one attached hydrogen (secondary N) is 2.